The molecular formula is C6H9-. The molecule has 0 aromatic rings. The Kier molecular flexibility index (Phi) is 2.30. The average molecular weight is 81.1 g/mol. The molecule has 0 aliphatic carbocycles. The fraction of sp³-hybridized carbons (Fsp3) is 0.167. The summed E-state index contributed by atoms with van der Waals surface area (Å²) in [6.45, 7) is 9.03. The summed E-state index contributed by atoms with van der Waals surface area (Å²) in [4.78, 5) is 0. The first kappa shape index (κ1) is 5.35. The molecule has 0 saturated heterocycles. The summed E-state index contributed by atoms with van der Waals surface area (Å²) >= 11 is 0. The van der Waals surface area contributed by atoms with Crippen LogP contribution in [0.4, 0.5) is 0 Å². The molecule has 0 unspecified atom stereocenters. The minimum atomic E-state index is 1.05. The molecular weight excluding hydrogens is 72.1 g/mol. The van der Waals surface area contributed by atoms with E-state index in [1.807, 2.05) is 13.3 Å². The maximum atomic E-state index is 3.62. The molecule has 0 nitrogen and oxygen atoms in total. The van der Waals surface area contributed by atoms with Crippen molar-refractivity contribution in [2.75, 3.05) is 0 Å². The Morgan fingerprint density at radius 3 is 2.33 bits per heavy atom. The summed E-state index contributed by atoms with van der Waals surface area (Å²) in [5.74, 6) is 0. The van der Waals surface area contributed by atoms with E-state index in [9.17, 15) is 0 Å². The second kappa shape index (κ2) is 2.58. The Morgan fingerprint density at radius 1 is 1.83 bits per heavy atom. The largest absolute Gasteiger partial charge is 0.194 e. The van der Waals surface area contributed by atoms with Crippen LogP contribution in [0.2, 0.25) is 0 Å². The van der Waals surface area contributed by atoms with Crippen LogP contribution in [-0.4, -0.2) is 0 Å². The van der Waals surface area contributed by atoms with Crippen LogP contribution in [0.15, 0.2) is 24.8 Å². The normalized spacial score (nSPS) is 6.83. The van der Waals surface area contributed by atoms with Crippen molar-refractivity contribution in [3.05, 3.63) is 31.2 Å². The standard InChI is InChI=1S/C6H9/c1-4-5-6(2)3/h4-5H,1-2H2,3H3/q-1. The summed E-state index contributed by atoms with van der Waals surface area (Å²) in [6, 6.07) is 0. The average Bonchev–Trinajstić information content (AvgIpc) is 1.35. The van der Waals surface area contributed by atoms with Crippen LogP contribution in [0.3, 0.4) is 0 Å². The highest BCUT2D eigenvalue weighted by atomic mass is 13.8. The van der Waals surface area contributed by atoms with Crippen LogP contribution in [-0.2, 0) is 0 Å². The zero-order valence-electron chi connectivity index (χ0n) is 4.07. The molecule has 0 spiro atoms. The van der Waals surface area contributed by atoms with Gasteiger partial charge in [0.1, 0.15) is 0 Å². The lowest BCUT2D eigenvalue weighted by atomic mass is 10.2. The van der Waals surface area contributed by atoms with Crippen LogP contribution in [0, 0.1) is 6.42 Å². The lowest BCUT2D eigenvalue weighted by Crippen LogP contribution is -1.63. The van der Waals surface area contributed by atoms with Crippen LogP contribution >= 0.6 is 0 Å². The third-order valence-corrected chi connectivity index (χ3v) is 0.402. The van der Waals surface area contributed by atoms with E-state index in [4.69, 9.17) is 0 Å². The van der Waals surface area contributed by atoms with Gasteiger partial charge in [-0.2, -0.15) is 31.2 Å². The predicted molar refractivity (Wildman–Crippen MR) is 29.3 cm³/mol. The Hall–Kier alpha value is -0.650. The lowest BCUT2D eigenvalue weighted by Gasteiger charge is -1.92. The Balaban J connectivity index is 3.05. The molecule has 0 aromatic carbocycles. The molecule has 0 radical (unpaired) electrons. The molecule has 6 heavy (non-hydrogen) atoms. The summed E-state index contributed by atoms with van der Waals surface area (Å²) in [7, 11) is 0. The van der Waals surface area contributed by atoms with Crippen LogP contribution in [0.25, 0.3) is 0 Å². The van der Waals surface area contributed by atoms with Crippen molar-refractivity contribution in [2.45, 2.75) is 6.92 Å². The maximum absolute atomic E-state index is 3.62. The number of hydrogen-bond acceptors (Lipinski definition) is 0. The molecule has 34 valence electrons. The summed E-state index contributed by atoms with van der Waals surface area (Å²) in [6.07, 6.45) is 3.59. The van der Waals surface area contributed by atoms with Gasteiger partial charge in [0.2, 0.25) is 0 Å². The Labute approximate surface area is 39.2 Å². The summed E-state index contributed by atoms with van der Waals surface area (Å²) < 4.78 is 0. The lowest BCUT2D eigenvalue weighted by molar-refractivity contribution is 1.47. The van der Waals surface area contributed by atoms with Gasteiger partial charge in [-0.3, -0.25) is 0 Å². The maximum Gasteiger partial charge on any atom is -0.0631 e. The second-order valence-electron chi connectivity index (χ2n) is 1.25. The molecule has 0 aliphatic rings. The summed E-state index contributed by atoms with van der Waals surface area (Å²) in [5, 5.41) is 0. The van der Waals surface area contributed by atoms with Gasteiger partial charge in [-0.15, -0.1) is 0 Å². The SMILES string of the molecule is C=C[CH-]C(=C)C. The first-order chi connectivity index (χ1) is 2.77. The van der Waals surface area contributed by atoms with Crippen molar-refractivity contribution in [1.29, 1.82) is 0 Å². The van der Waals surface area contributed by atoms with E-state index in [-0.39, 0.29) is 0 Å². The molecule has 0 amide bonds. The zero-order chi connectivity index (χ0) is 4.99. The van der Waals surface area contributed by atoms with Crippen LogP contribution < -0.4 is 0 Å². The Morgan fingerprint density at radius 2 is 2.33 bits per heavy atom. The minimum Gasteiger partial charge on any atom is -0.194 e. The number of rotatable bonds is 2. The number of allylic oxidation sites excluding steroid dienone is 2. The van der Waals surface area contributed by atoms with E-state index < -0.39 is 0 Å². The summed E-state index contributed by atoms with van der Waals surface area (Å²) in [5.41, 5.74) is 1.05. The molecule has 0 rings (SSSR count). The van der Waals surface area contributed by atoms with Crippen molar-refractivity contribution in [1.82, 2.24) is 0 Å². The topological polar surface area (TPSA) is 0 Å². The molecule has 0 aliphatic heterocycles. The molecule has 0 atom stereocenters. The van der Waals surface area contributed by atoms with Crippen molar-refractivity contribution in [2.24, 2.45) is 0 Å². The third-order valence-electron chi connectivity index (χ3n) is 0.402. The van der Waals surface area contributed by atoms with Crippen molar-refractivity contribution < 1.29 is 0 Å². The molecule has 0 heterocycles. The van der Waals surface area contributed by atoms with Gasteiger partial charge in [0.05, 0.1) is 0 Å². The minimum absolute atomic E-state index is 1.05. The third kappa shape index (κ3) is 3.35. The van der Waals surface area contributed by atoms with Crippen molar-refractivity contribution in [3.63, 3.8) is 0 Å². The van der Waals surface area contributed by atoms with Crippen LogP contribution in [0.1, 0.15) is 6.92 Å². The van der Waals surface area contributed by atoms with Gasteiger partial charge in [-0.1, -0.05) is 6.92 Å². The molecule has 0 bridgehead atoms. The van der Waals surface area contributed by atoms with Gasteiger partial charge in [0.15, 0.2) is 0 Å². The quantitative estimate of drug-likeness (QED) is 0.446. The highest BCUT2D eigenvalue weighted by Gasteiger charge is 1.61. The molecule has 0 aromatic heterocycles. The Bertz CT molecular complexity index is 60.4. The molecule has 0 fully saturated rings. The van der Waals surface area contributed by atoms with E-state index in [2.05, 4.69) is 13.2 Å². The molecule has 0 N–H and O–H groups in total. The first-order valence-electron chi connectivity index (χ1n) is 1.88. The molecule has 0 heteroatoms. The smallest absolute Gasteiger partial charge is 0.0631 e. The van der Waals surface area contributed by atoms with E-state index in [1.54, 1.807) is 6.08 Å². The van der Waals surface area contributed by atoms with E-state index >= 15 is 0 Å². The highest BCUT2D eigenvalue weighted by molar-refractivity contribution is 5.12. The first-order valence-corrected chi connectivity index (χ1v) is 1.88. The van der Waals surface area contributed by atoms with E-state index in [0.717, 1.165) is 5.57 Å². The van der Waals surface area contributed by atoms with Gasteiger partial charge in [-0.25, -0.2) is 0 Å². The van der Waals surface area contributed by atoms with Crippen molar-refractivity contribution >= 4 is 0 Å². The van der Waals surface area contributed by atoms with Gasteiger partial charge in [0, 0.05) is 0 Å². The zero-order valence-corrected chi connectivity index (χ0v) is 4.07. The number of hydrogen-bond donors (Lipinski definition) is 0. The highest BCUT2D eigenvalue weighted by Crippen LogP contribution is 1.90. The fourth-order valence-corrected chi connectivity index (χ4v) is 0.201. The fourth-order valence-electron chi connectivity index (χ4n) is 0.201. The van der Waals surface area contributed by atoms with Crippen LogP contribution in [0.5, 0.6) is 0 Å². The monoisotopic (exact) mass is 81.1 g/mol. The van der Waals surface area contributed by atoms with Gasteiger partial charge in [0.25, 0.3) is 0 Å². The van der Waals surface area contributed by atoms with E-state index in [0.29, 0.717) is 0 Å². The predicted octanol–water partition coefficient (Wildman–Crippen LogP) is 1.95. The van der Waals surface area contributed by atoms with Gasteiger partial charge < -0.3 is 0 Å². The molecule has 0 saturated carbocycles. The second-order valence-corrected chi connectivity index (χ2v) is 1.25. The van der Waals surface area contributed by atoms with Gasteiger partial charge in [-0.05, 0) is 0 Å². The van der Waals surface area contributed by atoms with Gasteiger partial charge >= 0.3 is 0 Å². The van der Waals surface area contributed by atoms with Crippen molar-refractivity contribution in [3.8, 4) is 0 Å². The van der Waals surface area contributed by atoms with E-state index in [1.165, 1.54) is 0 Å².